The van der Waals surface area contributed by atoms with Crippen LogP contribution in [0.4, 0.5) is 0 Å². The fourth-order valence-corrected chi connectivity index (χ4v) is 3.48. The second-order valence-electron chi connectivity index (χ2n) is 4.63. The summed E-state index contributed by atoms with van der Waals surface area (Å²) in [5, 5.41) is 4.41. The van der Waals surface area contributed by atoms with E-state index in [1.54, 1.807) is 11.3 Å². The quantitative estimate of drug-likeness (QED) is 0.872. The summed E-state index contributed by atoms with van der Waals surface area (Å²) in [6.07, 6.45) is 0.274. The molecule has 2 aromatic rings. The van der Waals surface area contributed by atoms with Crippen molar-refractivity contribution in [2.45, 2.75) is 12.3 Å². The summed E-state index contributed by atoms with van der Waals surface area (Å²) in [5.41, 5.74) is 1.08. The highest BCUT2D eigenvalue weighted by atomic mass is 32.1. The Morgan fingerprint density at radius 2 is 1.89 bits per heavy atom. The van der Waals surface area contributed by atoms with E-state index < -0.39 is 0 Å². The number of amides is 2. The van der Waals surface area contributed by atoms with E-state index in [9.17, 15) is 9.59 Å². The predicted molar refractivity (Wildman–Crippen MR) is 73.9 cm³/mol. The highest BCUT2D eigenvalue weighted by Crippen LogP contribution is 2.38. The normalized spacial score (nSPS) is 20.3. The molecular weight excluding hydrogens is 258 g/mol. The van der Waals surface area contributed by atoms with Crippen LogP contribution in [0.3, 0.4) is 0 Å². The van der Waals surface area contributed by atoms with Gasteiger partial charge in [-0.3, -0.25) is 14.9 Å². The molecule has 1 fully saturated rings. The first-order valence-electron chi connectivity index (χ1n) is 6.18. The summed E-state index contributed by atoms with van der Waals surface area (Å²) in [5.74, 6) is -0.666. The van der Waals surface area contributed by atoms with Crippen LogP contribution in [0.2, 0.25) is 0 Å². The van der Waals surface area contributed by atoms with Crippen molar-refractivity contribution in [1.29, 1.82) is 0 Å². The molecule has 2 heterocycles. The van der Waals surface area contributed by atoms with Gasteiger partial charge in [-0.05, 0) is 17.0 Å². The number of benzene rings is 1. The molecule has 1 aliphatic heterocycles. The average Bonchev–Trinajstić information content (AvgIpc) is 3.03. The Balaban J connectivity index is 2.03. The Labute approximate surface area is 115 Å². The lowest BCUT2D eigenvalue weighted by molar-refractivity contribution is -0.125. The summed E-state index contributed by atoms with van der Waals surface area (Å²) >= 11 is 1.62. The Morgan fingerprint density at radius 1 is 1.11 bits per heavy atom. The largest absolute Gasteiger partial charge is 0.296 e. The van der Waals surface area contributed by atoms with Crippen molar-refractivity contribution in [2.24, 2.45) is 5.92 Å². The second-order valence-corrected chi connectivity index (χ2v) is 5.61. The highest BCUT2D eigenvalue weighted by molar-refractivity contribution is 7.10. The van der Waals surface area contributed by atoms with Gasteiger partial charge < -0.3 is 0 Å². The third-order valence-electron chi connectivity index (χ3n) is 3.42. The van der Waals surface area contributed by atoms with Gasteiger partial charge in [-0.25, -0.2) is 0 Å². The smallest absolute Gasteiger partial charge is 0.231 e. The minimum absolute atomic E-state index is 0.0346. The first kappa shape index (κ1) is 12.1. The standard InChI is InChI=1S/C15H13NO2S/c17-13-9-11(15(18)16-13)14(12-7-4-8-19-12)10-5-2-1-3-6-10/h1-8,11,14H,9H2,(H,16,17,18). The third-order valence-corrected chi connectivity index (χ3v) is 4.37. The summed E-state index contributed by atoms with van der Waals surface area (Å²) in [4.78, 5) is 24.5. The fourth-order valence-electron chi connectivity index (χ4n) is 2.57. The molecule has 19 heavy (non-hydrogen) atoms. The maximum Gasteiger partial charge on any atom is 0.231 e. The molecule has 3 rings (SSSR count). The lowest BCUT2D eigenvalue weighted by Crippen LogP contribution is -2.25. The molecule has 1 aromatic carbocycles. The zero-order valence-electron chi connectivity index (χ0n) is 10.2. The molecule has 96 valence electrons. The number of thiophene rings is 1. The molecule has 0 bridgehead atoms. The Morgan fingerprint density at radius 3 is 2.47 bits per heavy atom. The topological polar surface area (TPSA) is 46.2 Å². The van der Waals surface area contributed by atoms with E-state index in [1.165, 1.54) is 0 Å². The van der Waals surface area contributed by atoms with Gasteiger partial charge in [0.15, 0.2) is 0 Å². The van der Waals surface area contributed by atoms with Crippen LogP contribution >= 0.6 is 11.3 Å². The summed E-state index contributed by atoms with van der Waals surface area (Å²) in [6.45, 7) is 0. The van der Waals surface area contributed by atoms with E-state index in [1.807, 2.05) is 47.8 Å². The van der Waals surface area contributed by atoms with Crippen LogP contribution in [0.25, 0.3) is 0 Å². The van der Waals surface area contributed by atoms with Gasteiger partial charge in [-0.1, -0.05) is 36.4 Å². The number of imide groups is 1. The SMILES string of the molecule is O=C1CC(C(c2ccccc2)c2cccs2)C(=O)N1. The van der Waals surface area contributed by atoms with Crippen LogP contribution in [0.1, 0.15) is 22.8 Å². The molecule has 3 nitrogen and oxygen atoms in total. The molecular formula is C15H13NO2S. The first-order valence-corrected chi connectivity index (χ1v) is 7.05. The van der Waals surface area contributed by atoms with Gasteiger partial charge in [0.1, 0.15) is 0 Å². The molecule has 1 aliphatic rings. The van der Waals surface area contributed by atoms with E-state index in [-0.39, 0.29) is 30.1 Å². The van der Waals surface area contributed by atoms with E-state index in [0.29, 0.717) is 0 Å². The van der Waals surface area contributed by atoms with Gasteiger partial charge in [0.2, 0.25) is 11.8 Å². The van der Waals surface area contributed by atoms with Crippen LogP contribution in [0, 0.1) is 5.92 Å². The van der Waals surface area contributed by atoms with Gasteiger partial charge in [0.05, 0.1) is 5.92 Å². The van der Waals surface area contributed by atoms with Crippen LogP contribution in [0.5, 0.6) is 0 Å². The molecule has 0 spiro atoms. The number of rotatable bonds is 3. The number of nitrogens with one attached hydrogen (secondary N) is 1. The fraction of sp³-hybridized carbons (Fsp3) is 0.200. The van der Waals surface area contributed by atoms with Gasteiger partial charge >= 0.3 is 0 Å². The van der Waals surface area contributed by atoms with Crippen molar-refractivity contribution >= 4 is 23.2 Å². The molecule has 2 unspecified atom stereocenters. The summed E-state index contributed by atoms with van der Waals surface area (Å²) in [7, 11) is 0. The average molecular weight is 271 g/mol. The highest BCUT2D eigenvalue weighted by Gasteiger charge is 2.38. The molecule has 0 aliphatic carbocycles. The molecule has 1 saturated heterocycles. The Kier molecular flexibility index (Phi) is 3.17. The monoisotopic (exact) mass is 271 g/mol. The third kappa shape index (κ3) is 2.31. The van der Waals surface area contributed by atoms with Gasteiger partial charge in [-0.2, -0.15) is 0 Å². The molecule has 1 N–H and O–H groups in total. The van der Waals surface area contributed by atoms with E-state index in [4.69, 9.17) is 0 Å². The summed E-state index contributed by atoms with van der Waals surface area (Å²) < 4.78 is 0. The lowest BCUT2D eigenvalue weighted by atomic mass is 9.84. The minimum atomic E-state index is -0.298. The lowest BCUT2D eigenvalue weighted by Gasteiger charge is -2.20. The first-order chi connectivity index (χ1) is 9.25. The van der Waals surface area contributed by atoms with Crippen LogP contribution in [0.15, 0.2) is 47.8 Å². The van der Waals surface area contributed by atoms with Crippen molar-refractivity contribution in [3.63, 3.8) is 0 Å². The van der Waals surface area contributed by atoms with Crippen molar-refractivity contribution in [2.75, 3.05) is 0 Å². The zero-order valence-corrected chi connectivity index (χ0v) is 11.0. The van der Waals surface area contributed by atoms with Crippen molar-refractivity contribution < 1.29 is 9.59 Å². The van der Waals surface area contributed by atoms with Gasteiger partial charge in [-0.15, -0.1) is 11.3 Å². The van der Waals surface area contributed by atoms with Gasteiger partial charge in [0, 0.05) is 17.2 Å². The second kappa shape index (κ2) is 4.97. The maximum atomic E-state index is 12.0. The number of carbonyl (C=O) groups is 2. The Hall–Kier alpha value is -1.94. The van der Waals surface area contributed by atoms with Crippen molar-refractivity contribution in [3.05, 3.63) is 58.3 Å². The van der Waals surface area contributed by atoms with Crippen LogP contribution in [-0.2, 0) is 9.59 Å². The molecule has 0 saturated carbocycles. The van der Waals surface area contributed by atoms with Gasteiger partial charge in [0.25, 0.3) is 0 Å². The molecule has 1 aromatic heterocycles. The molecule has 0 radical (unpaired) electrons. The van der Waals surface area contributed by atoms with Crippen molar-refractivity contribution in [3.8, 4) is 0 Å². The van der Waals surface area contributed by atoms with E-state index in [0.717, 1.165) is 10.4 Å². The Bertz CT molecular complexity index is 592. The molecule has 2 atom stereocenters. The number of hydrogen-bond donors (Lipinski definition) is 1. The zero-order chi connectivity index (χ0) is 13.2. The van der Waals surface area contributed by atoms with Crippen LogP contribution in [-0.4, -0.2) is 11.8 Å². The predicted octanol–water partition coefficient (Wildman–Crippen LogP) is 2.54. The van der Waals surface area contributed by atoms with E-state index >= 15 is 0 Å². The summed E-state index contributed by atoms with van der Waals surface area (Å²) in [6, 6.07) is 13.9. The number of hydrogen-bond acceptors (Lipinski definition) is 3. The maximum absolute atomic E-state index is 12.0. The minimum Gasteiger partial charge on any atom is -0.296 e. The van der Waals surface area contributed by atoms with Crippen molar-refractivity contribution in [1.82, 2.24) is 5.32 Å². The van der Waals surface area contributed by atoms with E-state index in [2.05, 4.69) is 5.32 Å². The molecule has 4 heteroatoms. The number of carbonyl (C=O) groups excluding carboxylic acids is 2. The molecule has 2 amide bonds. The van der Waals surface area contributed by atoms with Crippen LogP contribution < -0.4 is 5.32 Å².